The summed E-state index contributed by atoms with van der Waals surface area (Å²) in [5, 5.41) is 14.2. The van der Waals surface area contributed by atoms with E-state index in [0.29, 0.717) is 24.4 Å². The zero-order valence-corrected chi connectivity index (χ0v) is 17.7. The summed E-state index contributed by atoms with van der Waals surface area (Å²) < 4.78 is 11.2. The van der Waals surface area contributed by atoms with Gasteiger partial charge in [-0.15, -0.1) is 0 Å². The number of ether oxygens (including phenoxy) is 1. The Morgan fingerprint density at radius 2 is 1.59 bits per heavy atom. The summed E-state index contributed by atoms with van der Waals surface area (Å²) in [7, 11) is 0. The minimum atomic E-state index is -1.04. The number of oxime groups is 1. The highest BCUT2D eigenvalue weighted by molar-refractivity contribution is 6.12. The van der Waals surface area contributed by atoms with Gasteiger partial charge in [-0.25, -0.2) is 4.79 Å². The number of aliphatic carboxylic acids is 1. The summed E-state index contributed by atoms with van der Waals surface area (Å²) in [6.07, 6.45) is 0.585. The first-order valence-electron chi connectivity index (χ1n) is 10.3. The number of carboxylic acids is 1. The third-order valence-corrected chi connectivity index (χ3v) is 5.03. The monoisotopic (exact) mass is 429 g/mol. The van der Waals surface area contributed by atoms with Crippen molar-refractivity contribution in [2.75, 3.05) is 13.2 Å². The molecule has 0 unspecified atom stereocenters. The first-order chi connectivity index (χ1) is 15.6. The van der Waals surface area contributed by atoms with Crippen molar-refractivity contribution in [3.63, 3.8) is 0 Å². The molecule has 0 aliphatic rings. The van der Waals surface area contributed by atoms with E-state index < -0.39 is 12.6 Å². The third kappa shape index (κ3) is 4.81. The molecule has 0 aliphatic heterocycles. The molecule has 162 valence electrons. The maximum Gasteiger partial charge on any atom is 0.341 e. The van der Waals surface area contributed by atoms with Gasteiger partial charge in [-0.2, -0.15) is 0 Å². The molecule has 0 atom stereocenters. The van der Waals surface area contributed by atoms with Crippen LogP contribution >= 0.6 is 0 Å². The number of carboxylic acid groups (broad SMARTS) is 1. The van der Waals surface area contributed by atoms with Crippen molar-refractivity contribution >= 4 is 22.7 Å². The van der Waals surface area contributed by atoms with Gasteiger partial charge in [0.1, 0.15) is 18.1 Å². The summed E-state index contributed by atoms with van der Waals surface area (Å²) >= 11 is 0. The first-order valence-corrected chi connectivity index (χ1v) is 10.3. The zero-order chi connectivity index (χ0) is 22.3. The Kier molecular flexibility index (Phi) is 6.51. The molecule has 0 amide bonds. The number of rotatable bonds is 9. The van der Waals surface area contributed by atoms with Gasteiger partial charge in [0.2, 0.25) is 0 Å². The van der Waals surface area contributed by atoms with E-state index in [9.17, 15) is 4.79 Å². The van der Waals surface area contributed by atoms with Crippen molar-refractivity contribution in [3.05, 3.63) is 101 Å². The van der Waals surface area contributed by atoms with Crippen molar-refractivity contribution in [1.82, 2.24) is 0 Å². The van der Waals surface area contributed by atoms with E-state index in [2.05, 4.69) is 5.16 Å². The molecule has 6 nitrogen and oxygen atoms in total. The number of aryl methyl sites for hydroxylation is 1. The van der Waals surface area contributed by atoms with Crippen LogP contribution in [0.25, 0.3) is 11.0 Å². The van der Waals surface area contributed by atoms with Crippen molar-refractivity contribution < 1.29 is 23.9 Å². The molecule has 0 radical (unpaired) electrons. The summed E-state index contributed by atoms with van der Waals surface area (Å²) in [5.41, 5.74) is 4.24. The van der Waals surface area contributed by atoms with Crippen molar-refractivity contribution in [3.8, 4) is 5.75 Å². The fraction of sp³-hybridized carbons (Fsp3) is 0.154. The number of para-hydroxylation sites is 1. The average molecular weight is 429 g/mol. The number of nitrogens with zero attached hydrogens (tertiary/aromatic N) is 1. The molecule has 3 aromatic carbocycles. The largest absolute Gasteiger partial charge is 0.479 e. The van der Waals surface area contributed by atoms with Gasteiger partial charge in [-0.3, -0.25) is 0 Å². The summed E-state index contributed by atoms with van der Waals surface area (Å²) in [6, 6.07) is 25.3. The molecule has 0 aliphatic carbocycles. The predicted molar refractivity (Wildman–Crippen MR) is 122 cm³/mol. The van der Waals surface area contributed by atoms with Crippen LogP contribution in [0.4, 0.5) is 0 Å². The van der Waals surface area contributed by atoms with Crippen LogP contribution in [-0.2, 0) is 16.1 Å². The number of hydrogen-bond acceptors (Lipinski definition) is 5. The average Bonchev–Trinajstić information content (AvgIpc) is 3.14. The number of furan rings is 1. The maximum atomic E-state index is 10.8. The van der Waals surface area contributed by atoms with Gasteiger partial charge in [0.25, 0.3) is 0 Å². The van der Waals surface area contributed by atoms with E-state index in [0.717, 1.165) is 33.5 Å². The predicted octanol–water partition coefficient (Wildman–Crippen LogP) is 5.22. The molecular formula is C26H23NO5. The summed E-state index contributed by atoms with van der Waals surface area (Å²) in [6.45, 7) is 1.81. The Morgan fingerprint density at radius 3 is 2.22 bits per heavy atom. The quantitative estimate of drug-likeness (QED) is 0.224. The SMILES string of the molecule is Cc1oc2c(OCC(=O)O)cccc2c1CCON=C(c1ccccc1)c1ccccc1. The van der Waals surface area contributed by atoms with Gasteiger partial charge in [-0.05, 0) is 13.0 Å². The number of carbonyl (C=O) groups is 1. The summed E-state index contributed by atoms with van der Waals surface area (Å²) in [5.74, 6) is 0.114. The first kappa shape index (κ1) is 21.2. The lowest BCUT2D eigenvalue weighted by Crippen LogP contribution is -2.09. The van der Waals surface area contributed by atoms with E-state index in [4.69, 9.17) is 19.1 Å². The standard InChI is InChI=1S/C26H23NO5/c1-18-21(22-13-8-14-23(26(22)32-18)30-17-24(28)29)15-16-31-27-25(19-9-4-2-5-10-19)20-11-6-3-7-12-20/h2-14H,15-17H2,1H3,(H,28,29). The molecule has 0 fully saturated rings. The number of fused-ring (bicyclic) bond motifs is 1. The van der Waals surface area contributed by atoms with Gasteiger partial charge in [-0.1, -0.05) is 78.0 Å². The second kappa shape index (κ2) is 9.83. The molecule has 1 aromatic heterocycles. The third-order valence-electron chi connectivity index (χ3n) is 5.03. The van der Waals surface area contributed by atoms with E-state index in [1.54, 1.807) is 6.07 Å². The lowest BCUT2D eigenvalue weighted by molar-refractivity contribution is -0.139. The fourth-order valence-electron chi connectivity index (χ4n) is 3.55. The van der Waals surface area contributed by atoms with Crippen molar-refractivity contribution in [1.29, 1.82) is 0 Å². The van der Waals surface area contributed by atoms with Crippen LogP contribution in [0.15, 0.2) is 88.4 Å². The van der Waals surface area contributed by atoms with E-state index in [1.807, 2.05) is 79.7 Å². The molecule has 32 heavy (non-hydrogen) atoms. The van der Waals surface area contributed by atoms with Crippen molar-refractivity contribution in [2.45, 2.75) is 13.3 Å². The van der Waals surface area contributed by atoms with Crippen LogP contribution in [0.5, 0.6) is 5.75 Å². The van der Waals surface area contributed by atoms with Crippen LogP contribution in [0.3, 0.4) is 0 Å². The lowest BCUT2D eigenvalue weighted by atomic mass is 10.0. The van der Waals surface area contributed by atoms with Gasteiger partial charge in [0, 0.05) is 28.5 Å². The second-order valence-electron chi connectivity index (χ2n) is 7.21. The summed E-state index contributed by atoms with van der Waals surface area (Å²) in [4.78, 5) is 16.6. The normalized spacial score (nSPS) is 10.7. The Hall–Kier alpha value is -4.06. The van der Waals surface area contributed by atoms with Gasteiger partial charge >= 0.3 is 5.97 Å². The molecule has 1 heterocycles. The minimum absolute atomic E-state index is 0.360. The molecule has 4 aromatic rings. The smallest absolute Gasteiger partial charge is 0.341 e. The van der Waals surface area contributed by atoms with Gasteiger partial charge in [0.05, 0.1) is 0 Å². The van der Waals surface area contributed by atoms with E-state index >= 15 is 0 Å². The highest BCUT2D eigenvalue weighted by Gasteiger charge is 2.15. The molecule has 6 heteroatoms. The molecule has 0 saturated carbocycles. The number of hydrogen-bond donors (Lipinski definition) is 1. The van der Waals surface area contributed by atoms with Crippen LogP contribution in [0.1, 0.15) is 22.5 Å². The fourth-order valence-corrected chi connectivity index (χ4v) is 3.55. The minimum Gasteiger partial charge on any atom is -0.479 e. The number of benzene rings is 3. The molecule has 4 rings (SSSR count). The Morgan fingerprint density at radius 1 is 0.938 bits per heavy atom. The highest BCUT2D eigenvalue weighted by Crippen LogP contribution is 2.33. The van der Waals surface area contributed by atoms with Crippen LogP contribution < -0.4 is 4.74 Å². The topological polar surface area (TPSA) is 81.3 Å². The van der Waals surface area contributed by atoms with Crippen LogP contribution in [-0.4, -0.2) is 30.0 Å². The van der Waals surface area contributed by atoms with Gasteiger partial charge < -0.3 is 19.1 Å². The van der Waals surface area contributed by atoms with E-state index in [1.165, 1.54) is 0 Å². The molecule has 0 saturated heterocycles. The molecule has 0 spiro atoms. The second-order valence-corrected chi connectivity index (χ2v) is 7.21. The van der Waals surface area contributed by atoms with Crippen LogP contribution in [0, 0.1) is 6.92 Å². The highest BCUT2D eigenvalue weighted by atomic mass is 16.6. The molecular weight excluding hydrogens is 406 g/mol. The Bertz CT molecular complexity index is 1190. The zero-order valence-electron chi connectivity index (χ0n) is 17.7. The molecule has 1 N–H and O–H groups in total. The van der Waals surface area contributed by atoms with Crippen molar-refractivity contribution in [2.24, 2.45) is 5.16 Å². The Labute approximate surface area is 185 Å². The lowest BCUT2D eigenvalue weighted by Gasteiger charge is -2.08. The van der Waals surface area contributed by atoms with E-state index in [-0.39, 0.29) is 0 Å². The molecule has 0 bridgehead atoms. The maximum absolute atomic E-state index is 10.8. The van der Waals surface area contributed by atoms with Crippen LogP contribution in [0.2, 0.25) is 0 Å². The Balaban J connectivity index is 1.52. The van der Waals surface area contributed by atoms with Gasteiger partial charge in [0.15, 0.2) is 17.9 Å².